The third-order valence-electron chi connectivity index (χ3n) is 7.01. The van der Waals surface area contributed by atoms with Gasteiger partial charge in [-0.25, -0.2) is 0 Å². The zero-order valence-corrected chi connectivity index (χ0v) is 24.7. The molecule has 7 nitrogen and oxygen atoms in total. The maximum atomic E-state index is 11.2. The molecular weight excluding hydrogens is 460 g/mol. The Bertz CT molecular complexity index is 779. The summed E-state index contributed by atoms with van der Waals surface area (Å²) in [5.41, 5.74) is 3.14. The summed E-state index contributed by atoms with van der Waals surface area (Å²) in [6, 6.07) is 0. The van der Waals surface area contributed by atoms with Gasteiger partial charge in [-0.2, -0.15) is 5.10 Å². The third-order valence-corrected chi connectivity index (χ3v) is 11.6. The van der Waals surface area contributed by atoms with Crippen molar-refractivity contribution >= 4 is 14.3 Å². The number of hydrogen-bond acceptors (Lipinski definition) is 6. The predicted molar refractivity (Wildman–Crippen MR) is 144 cm³/mol. The lowest BCUT2D eigenvalue weighted by Crippen LogP contribution is -2.40. The van der Waals surface area contributed by atoms with Crippen LogP contribution in [-0.2, 0) is 36.4 Å². The van der Waals surface area contributed by atoms with E-state index in [1.807, 2.05) is 0 Å². The van der Waals surface area contributed by atoms with Crippen molar-refractivity contribution in [2.45, 2.75) is 110 Å². The van der Waals surface area contributed by atoms with E-state index < -0.39 is 14.6 Å². The Hall–Kier alpha value is -1.48. The molecular formula is C27H50N2O5Si. The van der Waals surface area contributed by atoms with Crippen LogP contribution < -0.4 is 0 Å². The number of aromatic nitrogens is 2. The molecule has 0 unspecified atom stereocenters. The maximum absolute atomic E-state index is 11.2. The number of rotatable bonds is 17. The van der Waals surface area contributed by atoms with Crippen LogP contribution in [-0.4, -0.2) is 52.0 Å². The number of aryl methyl sites for hydroxylation is 1. The summed E-state index contributed by atoms with van der Waals surface area (Å²) in [4.78, 5) is 11.2. The number of ether oxygens (including phenoxy) is 3. The molecule has 8 heteroatoms. The van der Waals surface area contributed by atoms with Gasteiger partial charge in [-0.1, -0.05) is 45.8 Å². The lowest BCUT2D eigenvalue weighted by Gasteiger charge is -2.36. The van der Waals surface area contributed by atoms with Crippen molar-refractivity contribution in [3.8, 4) is 0 Å². The summed E-state index contributed by atoms with van der Waals surface area (Å²) in [5, 5.41) is 5.11. The highest BCUT2D eigenvalue weighted by Gasteiger charge is 2.36. The van der Waals surface area contributed by atoms with Crippen LogP contribution in [0.3, 0.4) is 0 Å². The van der Waals surface area contributed by atoms with Gasteiger partial charge in [-0.15, -0.1) is 0 Å². The summed E-state index contributed by atoms with van der Waals surface area (Å²) in [7, 11) is 3.06. The number of unbranched alkanes of at least 4 members (excludes halogenated alkanes) is 4. The quantitative estimate of drug-likeness (QED) is 0.0782. The molecule has 0 aliphatic heterocycles. The van der Waals surface area contributed by atoms with Gasteiger partial charge in [0.25, 0.3) is 0 Å². The Morgan fingerprint density at radius 3 is 2.29 bits per heavy atom. The van der Waals surface area contributed by atoms with Crippen LogP contribution >= 0.6 is 0 Å². The zero-order valence-electron chi connectivity index (χ0n) is 23.7. The molecule has 0 atom stereocenters. The van der Waals surface area contributed by atoms with Crippen molar-refractivity contribution in [2.24, 2.45) is 0 Å². The summed E-state index contributed by atoms with van der Waals surface area (Å²) in [6.07, 6.45) is 11.1. The highest BCUT2D eigenvalue weighted by Crippen LogP contribution is 2.36. The fraction of sp³-hybridized carbons (Fsp3) is 0.778. The van der Waals surface area contributed by atoms with Gasteiger partial charge in [-0.3, -0.25) is 9.48 Å². The van der Waals surface area contributed by atoms with E-state index in [1.54, 1.807) is 14.2 Å². The molecule has 1 heterocycles. The van der Waals surface area contributed by atoms with E-state index in [0.29, 0.717) is 6.42 Å². The molecule has 0 amide bonds. The molecule has 0 bridgehead atoms. The van der Waals surface area contributed by atoms with Crippen molar-refractivity contribution in [1.29, 1.82) is 0 Å². The lowest BCUT2D eigenvalue weighted by atomic mass is 10.1. The first kappa shape index (κ1) is 31.5. The summed E-state index contributed by atoms with van der Waals surface area (Å²) >= 11 is 0. The molecule has 0 fully saturated rings. The molecule has 1 aromatic rings. The minimum atomic E-state index is -1.64. The fourth-order valence-corrected chi connectivity index (χ4v) is 4.72. The monoisotopic (exact) mass is 510 g/mol. The minimum absolute atomic E-state index is 0.163. The normalized spacial score (nSPS) is 12.7. The van der Waals surface area contributed by atoms with Crippen LogP contribution in [0, 0.1) is 6.92 Å². The van der Waals surface area contributed by atoms with Gasteiger partial charge < -0.3 is 18.6 Å². The van der Waals surface area contributed by atoms with E-state index >= 15 is 0 Å². The van der Waals surface area contributed by atoms with Crippen molar-refractivity contribution < 1.29 is 23.4 Å². The molecule has 0 saturated heterocycles. The summed E-state index contributed by atoms with van der Waals surface area (Å²) in [5.74, 6) is -0.163. The minimum Gasteiger partial charge on any atom is -0.469 e. The molecule has 202 valence electrons. The number of carbonyl (C=O) groups excluding carboxylic acids is 1. The Labute approximate surface area is 214 Å². The number of carbonyl (C=O) groups is 1. The summed E-state index contributed by atoms with van der Waals surface area (Å²) < 4.78 is 24.1. The largest absolute Gasteiger partial charge is 0.469 e. The molecule has 0 radical (unpaired) electrons. The topological polar surface area (TPSA) is 71.8 Å². The summed E-state index contributed by atoms with van der Waals surface area (Å²) in [6.45, 7) is 15.3. The molecule has 0 aliphatic carbocycles. The van der Waals surface area contributed by atoms with E-state index in [4.69, 9.17) is 19.0 Å². The standard InChI is InChI=1S/C27H50N2O5Si/c1-22-23(18-14-10-11-15-19-24(30)31-5)25(26(32-6)33-7)28-29(22)20-16-12-13-17-21-34-35(8,9)27(2,3)4/h10,14,26H,11-13,15-21H2,1-9H3/b14-10-. The van der Waals surface area contributed by atoms with Crippen molar-refractivity contribution in [2.75, 3.05) is 27.9 Å². The Balaban J connectivity index is 2.60. The number of allylic oxidation sites excluding steroid dienone is 2. The molecule has 35 heavy (non-hydrogen) atoms. The molecule has 0 saturated carbocycles. The second-order valence-corrected chi connectivity index (χ2v) is 15.5. The van der Waals surface area contributed by atoms with Gasteiger partial charge in [0.05, 0.1) is 7.11 Å². The molecule has 1 rings (SSSR count). The number of methoxy groups -OCH3 is 3. The van der Waals surface area contributed by atoms with Gasteiger partial charge >= 0.3 is 5.97 Å². The van der Waals surface area contributed by atoms with E-state index in [9.17, 15) is 4.79 Å². The Kier molecular flexibility index (Phi) is 14.1. The first-order chi connectivity index (χ1) is 16.5. The van der Waals surface area contributed by atoms with E-state index in [1.165, 1.54) is 13.5 Å². The van der Waals surface area contributed by atoms with Crippen LogP contribution in [0.2, 0.25) is 18.1 Å². The smallest absolute Gasteiger partial charge is 0.305 e. The predicted octanol–water partition coefficient (Wildman–Crippen LogP) is 6.51. The first-order valence-corrected chi connectivity index (χ1v) is 15.9. The number of nitrogens with zero attached hydrogens (tertiary/aromatic N) is 2. The highest BCUT2D eigenvalue weighted by molar-refractivity contribution is 6.74. The highest BCUT2D eigenvalue weighted by atomic mass is 28.4. The van der Waals surface area contributed by atoms with Crippen LogP contribution in [0.1, 0.15) is 89.0 Å². The van der Waals surface area contributed by atoms with Crippen molar-refractivity contribution in [3.05, 3.63) is 29.1 Å². The van der Waals surface area contributed by atoms with Crippen LogP contribution in [0.15, 0.2) is 12.2 Å². The fourth-order valence-electron chi connectivity index (χ4n) is 3.63. The molecule has 0 N–H and O–H groups in total. The van der Waals surface area contributed by atoms with Crippen LogP contribution in [0.5, 0.6) is 0 Å². The van der Waals surface area contributed by atoms with Gasteiger partial charge in [0.2, 0.25) is 6.29 Å². The molecule has 1 aromatic heterocycles. The maximum Gasteiger partial charge on any atom is 0.305 e. The van der Waals surface area contributed by atoms with Gasteiger partial charge in [0.1, 0.15) is 5.69 Å². The zero-order chi connectivity index (χ0) is 26.5. The lowest BCUT2D eigenvalue weighted by molar-refractivity contribution is -0.140. The van der Waals surface area contributed by atoms with Gasteiger partial charge in [0, 0.05) is 45.0 Å². The second-order valence-electron chi connectivity index (χ2n) is 10.6. The Morgan fingerprint density at radius 1 is 1.03 bits per heavy atom. The Morgan fingerprint density at radius 2 is 1.69 bits per heavy atom. The SMILES string of the molecule is COC(=O)CCC/C=C\Cc1c(C(OC)OC)nn(CCCCCCO[Si](C)(C)C(C)(C)C)c1C. The van der Waals surface area contributed by atoms with E-state index in [-0.39, 0.29) is 11.0 Å². The van der Waals surface area contributed by atoms with E-state index in [2.05, 4.69) is 62.4 Å². The average molecular weight is 511 g/mol. The number of esters is 1. The van der Waals surface area contributed by atoms with Gasteiger partial charge in [0.15, 0.2) is 8.32 Å². The molecule has 0 spiro atoms. The number of hydrogen-bond donors (Lipinski definition) is 0. The van der Waals surface area contributed by atoms with E-state index in [0.717, 1.165) is 68.6 Å². The third kappa shape index (κ3) is 10.6. The van der Waals surface area contributed by atoms with Crippen LogP contribution in [0.25, 0.3) is 0 Å². The average Bonchev–Trinajstić information content (AvgIpc) is 3.10. The second kappa shape index (κ2) is 15.6. The van der Waals surface area contributed by atoms with Crippen molar-refractivity contribution in [1.82, 2.24) is 9.78 Å². The van der Waals surface area contributed by atoms with Crippen LogP contribution in [0.4, 0.5) is 0 Å². The molecule has 0 aromatic carbocycles. The van der Waals surface area contributed by atoms with Crippen molar-refractivity contribution in [3.63, 3.8) is 0 Å². The van der Waals surface area contributed by atoms with Gasteiger partial charge in [-0.05, 0) is 57.2 Å². The molecule has 0 aliphatic rings. The first-order valence-electron chi connectivity index (χ1n) is 13.0.